The number of hydrogen-bond donors (Lipinski definition) is 1. The minimum atomic E-state index is -0.345. The van der Waals surface area contributed by atoms with Gasteiger partial charge < -0.3 is 15.0 Å². The maximum absolute atomic E-state index is 13.3. The van der Waals surface area contributed by atoms with Crippen molar-refractivity contribution in [3.8, 4) is 5.75 Å². The molecule has 30 heavy (non-hydrogen) atoms. The number of carbonyl (C=O) groups excluding carboxylic acids is 2. The van der Waals surface area contributed by atoms with Gasteiger partial charge in [0.1, 0.15) is 11.4 Å². The van der Waals surface area contributed by atoms with Gasteiger partial charge in [-0.05, 0) is 62.4 Å². The molecule has 4 rings (SSSR count). The molecule has 1 aliphatic carbocycles. The third kappa shape index (κ3) is 4.18. The molecule has 0 unspecified atom stereocenters. The number of benzene rings is 1. The number of aryl methyl sites for hydroxylation is 1. The van der Waals surface area contributed by atoms with Crippen molar-refractivity contribution in [2.45, 2.75) is 51.6 Å². The highest BCUT2D eigenvalue weighted by Gasteiger charge is 2.49. The Labute approximate surface area is 177 Å². The number of aromatic nitrogens is 1. The van der Waals surface area contributed by atoms with Crippen LogP contribution in [0.4, 0.5) is 0 Å². The van der Waals surface area contributed by atoms with Gasteiger partial charge in [-0.15, -0.1) is 0 Å². The van der Waals surface area contributed by atoms with Crippen LogP contribution in [0.1, 0.15) is 53.8 Å². The SMILES string of the molecule is COc1ccc(CN2CC[C@]3(CCC[C@H](NC(=O)c4cccc(C)n4)C3)C2=O)cc1. The van der Waals surface area contributed by atoms with Crippen LogP contribution in [0.5, 0.6) is 5.75 Å². The van der Waals surface area contributed by atoms with E-state index in [1.165, 1.54) is 0 Å². The van der Waals surface area contributed by atoms with Gasteiger partial charge in [-0.2, -0.15) is 0 Å². The summed E-state index contributed by atoms with van der Waals surface area (Å²) in [5, 5.41) is 3.13. The number of nitrogens with one attached hydrogen (secondary N) is 1. The standard InChI is InChI=1S/C24H29N3O3/c1-17-5-3-7-21(25-17)22(28)26-19-6-4-12-24(15-19)13-14-27(23(24)29)16-18-8-10-20(30-2)11-9-18/h3,5,7-11,19H,4,6,12-16H2,1-2H3,(H,26,28)/t19-,24-/m0/s1. The van der Waals surface area contributed by atoms with Crippen LogP contribution in [0.15, 0.2) is 42.5 Å². The summed E-state index contributed by atoms with van der Waals surface area (Å²) in [5.41, 5.74) is 2.02. The molecule has 1 spiro atoms. The topological polar surface area (TPSA) is 71.5 Å². The summed E-state index contributed by atoms with van der Waals surface area (Å²) in [7, 11) is 1.65. The lowest BCUT2D eigenvalue weighted by molar-refractivity contribution is -0.138. The van der Waals surface area contributed by atoms with E-state index in [2.05, 4.69) is 10.3 Å². The molecular weight excluding hydrogens is 378 g/mol. The second-order valence-electron chi connectivity index (χ2n) is 8.54. The second kappa shape index (κ2) is 8.46. The van der Waals surface area contributed by atoms with E-state index < -0.39 is 0 Å². The number of hydrogen-bond acceptors (Lipinski definition) is 4. The molecule has 0 radical (unpaired) electrons. The monoisotopic (exact) mass is 407 g/mol. The molecule has 1 aliphatic heterocycles. The molecule has 0 bridgehead atoms. The average molecular weight is 408 g/mol. The lowest BCUT2D eigenvalue weighted by atomic mass is 9.71. The molecule has 2 fully saturated rings. The number of methoxy groups -OCH3 is 1. The van der Waals surface area contributed by atoms with Gasteiger partial charge in [0.15, 0.2) is 0 Å². The zero-order valence-corrected chi connectivity index (χ0v) is 17.7. The molecule has 1 saturated heterocycles. The van der Waals surface area contributed by atoms with Crippen molar-refractivity contribution in [2.75, 3.05) is 13.7 Å². The average Bonchev–Trinajstić information content (AvgIpc) is 3.03. The molecule has 2 heterocycles. The Balaban J connectivity index is 1.40. The van der Waals surface area contributed by atoms with Crippen molar-refractivity contribution >= 4 is 11.8 Å². The number of ether oxygens (including phenoxy) is 1. The van der Waals surface area contributed by atoms with Gasteiger partial charge in [0.2, 0.25) is 5.91 Å². The Hall–Kier alpha value is -2.89. The molecule has 6 nitrogen and oxygen atoms in total. The summed E-state index contributed by atoms with van der Waals surface area (Å²) >= 11 is 0. The largest absolute Gasteiger partial charge is 0.497 e. The predicted molar refractivity (Wildman–Crippen MR) is 114 cm³/mol. The van der Waals surface area contributed by atoms with Crippen molar-refractivity contribution in [2.24, 2.45) is 5.41 Å². The van der Waals surface area contributed by atoms with Crippen LogP contribution < -0.4 is 10.1 Å². The molecular formula is C24H29N3O3. The van der Waals surface area contributed by atoms with Crippen LogP contribution in [0.2, 0.25) is 0 Å². The number of rotatable bonds is 5. The smallest absolute Gasteiger partial charge is 0.270 e. The van der Waals surface area contributed by atoms with Gasteiger partial charge in [0.25, 0.3) is 5.91 Å². The Morgan fingerprint density at radius 1 is 1.23 bits per heavy atom. The molecule has 1 aromatic carbocycles. The number of nitrogens with zero attached hydrogens (tertiary/aromatic N) is 2. The van der Waals surface area contributed by atoms with E-state index >= 15 is 0 Å². The zero-order chi connectivity index (χ0) is 21.1. The molecule has 158 valence electrons. The lowest BCUT2D eigenvalue weighted by Gasteiger charge is -2.36. The molecule has 2 atom stereocenters. The Bertz CT molecular complexity index is 928. The fourth-order valence-corrected chi connectivity index (χ4v) is 4.83. The van der Waals surface area contributed by atoms with E-state index in [1.807, 2.05) is 48.2 Å². The van der Waals surface area contributed by atoms with Gasteiger partial charge in [0.05, 0.1) is 12.5 Å². The Morgan fingerprint density at radius 2 is 2.03 bits per heavy atom. The minimum Gasteiger partial charge on any atom is -0.497 e. The van der Waals surface area contributed by atoms with Crippen molar-refractivity contribution in [1.82, 2.24) is 15.2 Å². The van der Waals surface area contributed by atoms with Crippen molar-refractivity contribution in [3.63, 3.8) is 0 Å². The van der Waals surface area contributed by atoms with Crippen LogP contribution in [0.3, 0.4) is 0 Å². The van der Waals surface area contributed by atoms with Crippen LogP contribution in [0.25, 0.3) is 0 Å². The van der Waals surface area contributed by atoms with Crippen molar-refractivity contribution in [1.29, 1.82) is 0 Å². The van der Waals surface area contributed by atoms with Crippen molar-refractivity contribution < 1.29 is 14.3 Å². The summed E-state index contributed by atoms with van der Waals surface area (Å²) in [5.74, 6) is 0.893. The molecule has 2 aliphatic rings. The number of carbonyl (C=O) groups is 2. The lowest BCUT2D eigenvalue weighted by Crippen LogP contribution is -2.45. The quantitative estimate of drug-likeness (QED) is 0.824. The first-order valence-corrected chi connectivity index (χ1v) is 10.7. The minimum absolute atomic E-state index is 0.0125. The first-order valence-electron chi connectivity index (χ1n) is 10.7. The zero-order valence-electron chi connectivity index (χ0n) is 17.7. The van der Waals surface area contributed by atoms with E-state index in [0.29, 0.717) is 18.7 Å². The molecule has 1 aromatic heterocycles. The maximum Gasteiger partial charge on any atom is 0.270 e. The summed E-state index contributed by atoms with van der Waals surface area (Å²) in [6.45, 7) is 3.26. The summed E-state index contributed by atoms with van der Waals surface area (Å²) in [4.78, 5) is 32.2. The highest BCUT2D eigenvalue weighted by atomic mass is 16.5. The Kier molecular flexibility index (Phi) is 5.75. The summed E-state index contributed by atoms with van der Waals surface area (Å²) < 4.78 is 5.21. The second-order valence-corrected chi connectivity index (χ2v) is 8.54. The van der Waals surface area contributed by atoms with E-state index in [9.17, 15) is 9.59 Å². The normalized spacial score (nSPS) is 23.6. The fraction of sp³-hybridized carbons (Fsp3) is 0.458. The summed E-state index contributed by atoms with van der Waals surface area (Å²) in [6, 6.07) is 13.3. The molecule has 1 saturated carbocycles. The van der Waals surface area contributed by atoms with E-state index in [-0.39, 0.29) is 23.3 Å². The highest BCUT2D eigenvalue weighted by Crippen LogP contribution is 2.45. The van der Waals surface area contributed by atoms with Gasteiger partial charge in [-0.1, -0.05) is 24.6 Å². The summed E-state index contributed by atoms with van der Waals surface area (Å²) in [6.07, 6.45) is 4.33. The van der Waals surface area contributed by atoms with Gasteiger partial charge >= 0.3 is 0 Å². The van der Waals surface area contributed by atoms with Gasteiger partial charge in [-0.25, -0.2) is 4.98 Å². The van der Waals surface area contributed by atoms with Gasteiger partial charge in [0, 0.05) is 24.8 Å². The van der Waals surface area contributed by atoms with Crippen molar-refractivity contribution in [3.05, 3.63) is 59.4 Å². The highest BCUT2D eigenvalue weighted by molar-refractivity contribution is 5.92. The number of pyridine rings is 1. The fourth-order valence-electron chi connectivity index (χ4n) is 4.83. The van der Waals surface area contributed by atoms with Crippen LogP contribution in [-0.2, 0) is 11.3 Å². The van der Waals surface area contributed by atoms with Crippen LogP contribution in [-0.4, -0.2) is 41.4 Å². The first kappa shape index (κ1) is 20.4. The van der Waals surface area contributed by atoms with Crippen LogP contribution in [0, 0.1) is 12.3 Å². The van der Waals surface area contributed by atoms with E-state index in [0.717, 1.165) is 49.2 Å². The third-order valence-electron chi connectivity index (χ3n) is 6.43. The molecule has 2 amide bonds. The molecule has 1 N–H and O–H groups in total. The number of likely N-dealkylation sites (tertiary alicyclic amines) is 1. The molecule has 2 aromatic rings. The third-order valence-corrected chi connectivity index (χ3v) is 6.43. The van der Waals surface area contributed by atoms with Crippen LogP contribution >= 0.6 is 0 Å². The van der Waals surface area contributed by atoms with E-state index in [4.69, 9.17) is 4.74 Å². The van der Waals surface area contributed by atoms with Gasteiger partial charge in [-0.3, -0.25) is 9.59 Å². The maximum atomic E-state index is 13.3. The first-order chi connectivity index (χ1) is 14.5. The van der Waals surface area contributed by atoms with E-state index in [1.54, 1.807) is 13.2 Å². The Morgan fingerprint density at radius 3 is 2.77 bits per heavy atom. The molecule has 6 heteroatoms. The number of amides is 2. The predicted octanol–water partition coefficient (Wildman–Crippen LogP) is 3.49.